The number of hydrogen-bond acceptors (Lipinski definition) is 3. The Morgan fingerprint density at radius 3 is 2.88 bits per heavy atom. The quantitative estimate of drug-likeness (QED) is 0.743. The first-order valence-electron chi connectivity index (χ1n) is 5.62. The summed E-state index contributed by atoms with van der Waals surface area (Å²) in [7, 11) is 1.78. The number of benzene rings is 1. The fraction of sp³-hybridized carbons (Fsp3) is 0.417. The number of nitrogen functional groups attached to an aromatic ring is 1. The van der Waals surface area contributed by atoms with Crippen LogP contribution in [0.25, 0.3) is 0 Å². The van der Waals surface area contributed by atoms with Crippen LogP contribution in [0.4, 0.5) is 15.8 Å². The monoisotopic (exact) mass is 237 g/mol. The molecule has 0 saturated carbocycles. The first-order chi connectivity index (χ1) is 8.09. The van der Waals surface area contributed by atoms with Crippen molar-refractivity contribution in [1.82, 2.24) is 4.90 Å². The Hall–Kier alpha value is -1.78. The minimum Gasteiger partial charge on any atom is -0.395 e. The van der Waals surface area contributed by atoms with Crippen molar-refractivity contribution in [2.24, 2.45) is 0 Å². The Balaban J connectivity index is 2.27. The molecule has 1 aromatic carbocycles. The lowest BCUT2D eigenvalue weighted by atomic mass is 10.2. The number of carbonyl (C=O) groups excluding carboxylic acids is 1. The molecular weight excluding hydrogens is 221 g/mol. The number of nitrogens with two attached hydrogens (primary N) is 1. The van der Waals surface area contributed by atoms with Crippen molar-refractivity contribution in [3.05, 3.63) is 24.0 Å². The van der Waals surface area contributed by atoms with Gasteiger partial charge in [-0.1, -0.05) is 6.07 Å². The number of carbonyl (C=O) groups is 1. The Morgan fingerprint density at radius 1 is 1.35 bits per heavy atom. The van der Waals surface area contributed by atoms with Crippen LogP contribution in [0.1, 0.15) is 6.42 Å². The topological polar surface area (TPSA) is 49.6 Å². The van der Waals surface area contributed by atoms with Gasteiger partial charge in [-0.25, -0.2) is 4.39 Å². The molecule has 4 nitrogen and oxygen atoms in total. The normalized spacial score (nSPS) is 17.2. The van der Waals surface area contributed by atoms with Crippen LogP contribution in [0.5, 0.6) is 0 Å². The van der Waals surface area contributed by atoms with Crippen molar-refractivity contribution < 1.29 is 9.18 Å². The number of likely N-dealkylation sites (N-methyl/N-ethyl adjacent to an activating group) is 1. The van der Waals surface area contributed by atoms with E-state index < -0.39 is 5.82 Å². The molecule has 0 aliphatic carbocycles. The molecule has 1 heterocycles. The number of hydrogen-bond donors (Lipinski definition) is 1. The predicted octanol–water partition coefficient (Wildman–Crippen LogP) is 1.08. The highest BCUT2D eigenvalue weighted by atomic mass is 19.1. The number of amides is 1. The lowest BCUT2D eigenvalue weighted by molar-refractivity contribution is -0.127. The standard InChI is InChI=1S/C12H16FN3O/c1-15-6-3-7-16(8-11(15)17)10-5-2-4-9(13)12(10)14/h2,4-5H,3,6-8,14H2,1H3. The van der Waals surface area contributed by atoms with Gasteiger partial charge in [0.1, 0.15) is 5.82 Å². The van der Waals surface area contributed by atoms with Crippen LogP contribution in [0, 0.1) is 5.82 Å². The molecule has 0 unspecified atom stereocenters. The Labute approximate surface area is 99.8 Å². The molecule has 17 heavy (non-hydrogen) atoms. The first-order valence-corrected chi connectivity index (χ1v) is 5.62. The van der Waals surface area contributed by atoms with Crippen molar-refractivity contribution in [2.75, 3.05) is 37.3 Å². The van der Waals surface area contributed by atoms with Gasteiger partial charge in [-0.05, 0) is 18.6 Å². The van der Waals surface area contributed by atoms with Gasteiger partial charge < -0.3 is 15.5 Å². The van der Waals surface area contributed by atoms with Crippen LogP contribution in [-0.4, -0.2) is 37.5 Å². The van der Waals surface area contributed by atoms with E-state index in [1.807, 2.05) is 4.90 Å². The van der Waals surface area contributed by atoms with Gasteiger partial charge in [0, 0.05) is 20.1 Å². The summed E-state index contributed by atoms with van der Waals surface area (Å²) in [5, 5.41) is 0. The maximum Gasteiger partial charge on any atom is 0.241 e. The summed E-state index contributed by atoms with van der Waals surface area (Å²) in [5.74, 6) is -0.404. The maximum atomic E-state index is 13.4. The molecule has 92 valence electrons. The predicted molar refractivity (Wildman–Crippen MR) is 65.3 cm³/mol. The Bertz CT molecular complexity index is 436. The molecule has 0 radical (unpaired) electrons. The Morgan fingerprint density at radius 2 is 2.12 bits per heavy atom. The van der Waals surface area contributed by atoms with E-state index in [0.29, 0.717) is 12.2 Å². The zero-order valence-corrected chi connectivity index (χ0v) is 9.82. The van der Waals surface area contributed by atoms with Crippen molar-refractivity contribution in [1.29, 1.82) is 0 Å². The van der Waals surface area contributed by atoms with Gasteiger partial charge in [0.25, 0.3) is 0 Å². The molecule has 2 N–H and O–H groups in total. The summed E-state index contributed by atoms with van der Waals surface area (Å²) < 4.78 is 13.4. The third-order valence-electron chi connectivity index (χ3n) is 3.04. The molecule has 1 aliphatic rings. The van der Waals surface area contributed by atoms with E-state index >= 15 is 0 Å². The zero-order valence-electron chi connectivity index (χ0n) is 9.82. The average Bonchev–Trinajstić information content (AvgIpc) is 2.46. The minimum atomic E-state index is -0.437. The molecule has 1 amide bonds. The number of para-hydroxylation sites is 1. The number of anilines is 2. The number of nitrogens with zero attached hydrogens (tertiary/aromatic N) is 2. The van der Waals surface area contributed by atoms with Gasteiger partial charge >= 0.3 is 0 Å². The SMILES string of the molecule is CN1CCCN(c2cccc(F)c2N)CC1=O. The summed E-state index contributed by atoms with van der Waals surface area (Å²) in [5.41, 5.74) is 6.42. The van der Waals surface area contributed by atoms with Crippen LogP contribution in [0.2, 0.25) is 0 Å². The number of rotatable bonds is 1. The van der Waals surface area contributed by atoms with Crippen LogP contribution in [0.3, 0.4) is 0 Å². The lowest BCUT2D eigenvalue weighted by Crippen LogP contribution is -2.34. The highest BCUT2D eigenvalue weighted by Gasteiger charge is 2.21. The summed E-state index contributed by atoms with van der Waals surface area (Å²) in [6.07, 6.45) is 0.859. The van der Waals surface area contributed by atoms with E-state index in [0.717, 1.165) is 13.0 Å². The van der Waals surface area contributed by atoms with E-state index in [1.165, 1.54) is 6.07 Å². The fourth-order valence-corrected chi connectivity index (χ4v) is 1.99. The van der Waals surface area contributed by atoms with Gasteiger partial charge in [0.2, 0.25) is 5.91 Å². The second-order valence-corrected chi connectivity index (χ2v) is 4.26. The van der Waals surface area contributed by atoms with Crippen LogP contribution >= 0.6 is 0 Å². The summed E-state index contributed by atoms with van der Waals surface area (Å²) in [6, 6.07) is 4.68. The smallest absolute Gasteiger partial charge is 0.241 e. The van der Waals surface area contributed by atoms with E-state index in [2.05, 4.69) is 0 Å². The second-order valence-electron chi connectivity index (χ2n) is 4.26. The van der Waals surface area contributed by atoms with E-state index in [1.54, 1.807) is 24.1 Å². The summed E-state index contributed by atoms with van der Waals surface area (Å²) >= 11 is 0. The van der Waals surface area contributed by atoms with Crippen molar-refractivity contribution in [2.45, 2.75) is 6.42 Å². The first kappa shape index (κ1) is 11.7. The third kappa shape index (κ3) is 2.33. The maximum absolute atomic E-state index is 13.4. The van der Waals surface area contributed by atoms with Crippen molar-refractivity contribution in [3.8, 4) is 0 Å². The molecule has 1 fully saturated rings. The van der Waals surface area contributed by atoms with Gasteiger partial charge in [0.15, 0.2) is 0 Å². The zero-order chi connectivity index (χ0) is 12.4. The van der Waals surface area contributed by atoms with E-state index in [-0.39, 0.29) is 18.1 Å². The molecule has 1 aromatic rings. The molecule has 2 rings (SSSR count). The fourth-order valence-electron chi connectivity index (χ4n) is 1.99. The molecular formula is C12H16FN3O. The highest BCUT2D eigenvalue weighted by Crippen LogP contribution is 2.26. The van der Waals surface area contributed by atoms with Gasteiger partial charge in [-0.15, -0.1) is 0 Å². The molecule has 1 aliphatic heterocycles. The number of halogens is 1. The van der Waals surface area contributed by atoms with E-state index in [9.17, 15) is 9.18 Å². The molecule has 0 atom stereocenters. The second kappa shape index (κ2) is 4.61. The molecule has 0 bridgehead atoms. The van der Waals surface area contributed by atoms with Crippen LogP contribution in [-0.2, 0) is 4.79 Å². The molecule has 5 heteroatoms. The lowest BCUT2D eigenvalue weighted by Gasteiger charge is -2.23. The van der Waals surface area contributed by atoms with Crippen LogP contribution in [0.15, 0.2) is 18.2 Å². The van der Waals surface area contributed by atoms with E-state index in [4.69, 9.17) is 5.73 Å². The molecule has 0 spiro atoms. The molecule has 1 saturated heterocycles. The summed E-state index contributed by atoms with van der Waals surface area (Å²) in [6.45, 7) is 1.69. The largest absolute Gasteiger partial charge is 0.395 e. The van der Waals surface area contributed by atoms with Crippen molar-refractivity contribution in [3.63, 3.8) is 0 Å². The van der Waals surface area contributed by atoms with Crippen molar-refractivity contribution >= 4 is 17.3 Å². The average molecular weight is 237 g/mol. The Kier molecular flexibility index (Phi) is 3.17. The summed E-state index contributed by atoms with van der Waals surface area (Å²) in [4.78, 5) is 15.3. The van der Waals surface area contributed by atoms with Gasteiger partial charge in [0.05, 0.1) is 17.9 Å². The minimum absolute atomic E-state index is 0.0335. The van der Waals surface area contributed by atoms with Crippen LogP contribution < -0.4 is 10.6 Å². The molecule has 0 aromatic heterocycles. The van der Waals surface area contributed by atoms with Gasteiger partial charge in [-0.2, -0.15) is 0 Å². The highest BCUT2D eigenvalue weighted by molar-refractivity contribution is 5.83. The van der Waals surface area contributed by atoms with Gasteiger partial charge in [-0.3, -0.25) is 4.79 Å². The third-order valence-corrected chi connectivity index (χ3v) is 3.04.